The minimum Gasteiger partial charge on any atom is -0.376 e. The van der Waals surface area contributed by atoms with Gasteiger partial charge in [0.05, 0.1) is 17.9 Å². The minimum atomic E-state index is -4.61. The maximum absolute atomic E-state index is 14.2. The number of alkyl halides is 3. The van der Waals surface area contributed by atoms with E-state index in [1.807, 2.05) is 0 Å². The summed E-state index contributed by atoms with van der Waals surface area (Å²) in [4.78, 5) is 28.3. The molecular weight excluding hydrogens is 468 g/mol. The van der Waals surface area contributed by atoms with Crippen molar-refractivity contribution >= 4 is 34.8 Å². The number of amides is 2. The summed E-state index contributed by atoms with van der Waals surface area (Å²) < 4.78 is 52.6. The van der Waals surface area contributed by atoms with Crippen molar-refractivity contribution in [2.45, 2.75) is 13.1 Å². The van der Waals surface area contributed by atoms with Gasteiger partial charge in [0.25, 0.3) is 5.91 Å². The Kier molecular flexibility index (Phi) is 7.16. The monoisotopic (exact) mass is 484 g/mol. The van der Waals surface area contributed by atoms with Crippen LogP contribution in [0.3, 0.4) is 0 Å². The number of halogens is 5. The summed E-state index contributed by atoms with van der Waals surface area (Å²) in [6.45, 7) is -0.496. The first kappa shape index (κ1) is 24.0. The van der Waals surface area contributed by atoms with Gasteiger partial charge in [0.15, 0.2) is 0 Å². The topological polar surface area (TPSA) is 101 Å². The van der Waals surface area contributed by atoms with Crippen LogP contribution in [0.4, 0.5) is 28.9 Å². The molecule has 0 aliphatic rings. The Labute approximate surface area is 190 Å². The van der Waals surface area contributed by atoms with Crippen molar-refractivity contribution in [3.8, 4) is 5.69 Å². The highest BCUT2D eigenvalue weighted by molar-refractivity contribution is 6.31. The van der Waals surface area contributed by atoms with Crippen molar-refractivity contribution in [2.24, 2.45) is 0 Å². The van der Waals surface area contributed by atoms with Crippen LogP contribution in [0.5, 0.6) is 0 Å². The number of carbonyl (C=O) groups excluding carboxylic acids is 2. The number of rotatable bonds is 7. The second-order valence-electron chi connectivity index (χ2n) is 6.83. The molecule has 0 saturated heterocycles. The van der Waals surface area contributed by atoms with Crippen LogP contribution in [0.1, 0.15) is 15.9 Å². The summed E-state index contributed by atoms with van der Waals surface area (Å²) in [6.07, 6.45) is -1.86. The van der Waals surface area contributed by atoms with Crippen LogP contribution in [0, 0.1) is 12.7 Å². The van der Waals surface area contributed by atoms with Crippen molar-refractivity contribution in [3.63, 3.8) is 0 Å². The quantitative estimate of drug-likeness (QED) is 0.444. The van der Waals surface area contributed by atoms with Gasteiger partial charge in [0.1, 0.15) is 25.0 Å². The number of nitrogens with zero attached hydrogens (tertiary/aromatic N) is 3. The first-order chi connectivity index (χ1) is 15.5. The Morgan fingerprint density at radius 2 is 1.91 bits per heavy atom. The third-order valence-electron chi connectivity index (χ3n) is 4.39. The number of hydrogen-bond donors (Lipinski definition) is 3. The highest BCUT2D eigenvalue weighted by Crippen LogP contribution is 2.25. The molecule has 1 heterocycles. The second-order valence-corrected chi connectivity index (χ2v) is 7.27. The molecular formula is C20H17ClF4N6O2. The Bertz CT molecular complexity index is 1170. The molecule has 33 heavy (non-hydrogen) atoms. The molecule has 3 N–H and O–H groups in total. The Balaban J connectivity index is 1.71. The lowest BCUT2D eigenvalue weighted by molar-refractivity contribution is -0.123. The predicted molar refractivity (Wildman–Crippen MR) is 113 cm³/mol. The van der Waals surface area contributed by atoms with Gasteiger partial charge in [-0.05, 0) is 37.3 Å². The summed E-state index contributed by atoms with van der Waals surface area (Å²) >= 11 is 6.01. The molecule has 13 heteroatoms. The summed E-state index contributed by atoms with van der Waals surface area (Å²) in [5.41, 5.74) is 0.665. The van der Waals surface area contributed by atoms with Gasteiger partial charge in [0.2, 0.25) is 5.91 Å². The van der Waals surface area contributed by atoms with Crippen LogP contribution in [0.2, 0.25) is 5.02 Å². The molecule has 0 fully saturated rings. The molecule has 0 spiro atoms. The molecule has 3 rings (SSSR count). The number of carbonyl (C=O) groups is 2. The standard InChI is InChI=1S/C20H17ClF4N6O2/c1-11-14(22)4-12(19(33)28-8-20(23,24)25)5-15(11)27-7-18(32)30-16-6-13(21)2-3-17(16)31-10-26-9-29-31/h2-6,9-10,27H,7-8H2,1H3,(H,28,33)(H,30,32). The van der Waals surface area contributed by atoms with Crippen LogP contribution in [0.15, 0.2) is 43.0 Å². The normalized spacial score (nSPS) is 11.2. The van der Waals surface area contributed by atoms with Gasteiger partial charge in [-0.2, -0.15) is 18.3 Å². The van der Waals surface area contributed by atoms with Crippen LogP contribution in [-0.4, -0.2) is 45.8 Å². The molecule has 0 aliphatic heterocycles. The van der Waals surface area contributed by atoms with Gasteiger partial charge in [-0.25, -0.2) is 14.1 Å². The molecule has 174 valence electrons. The fourth-order valence-electron chi connectivity index (χ4n) is 2.79. The lowest BCUT2D eigenvalue weighted by atomic mass is 10.1. The van der Waals surface area contributed by atoms with E-state index in [-0.39, 0.29) is 23.4 Å². The molecule has 0 saturated carbocycles. The summed E-state index contributed by atoms with van der Waals surface area (Å²) in [5, 5.41) is 11.4. The fraction of sp³-hybridized carbons (Fsp3) is 0.200. The van der Waals surface area contributed by atoms with Gasteiger partial charge >= 0.3 is 6.18 Å². The molecule has 0 aliphatic carbocycles. The first-order valence-electron chi connectivity index (χ1n) is 9.37. The summed E-state index contributed by atoms with van der Waals surface area (Å²) in [6, 6.07) is 6.73. The number of nitrogens with one attached hydrogen (secondary N) is 3. The molecule has 8 nitrogen and oxygen atoms in total. The zero-order valence-electron chi connectivity index (χ0n) is 17.0. The van der Waals surface area contributed by atoms with E-state index >= 15 is 0 Å². The van der Waals surface area contributed by atoms with Crippen LogP contribution in [0.25, 0.3) is 5.69 Å². The minimum absolute atomic E-state index is 0.0740. The van der Waals surface area contributed by atoms with Gasteiger partial charge in [-0.3, -0.25) is 9.59 Å². The van der Waals surface area contributed by atoms with E-state index in [1.165, 1.54) is 30.3 Å². The van der Waals surface area contributed by atoms with Crippen molar-refractivity contribution in [1.82, 2.24) is 20.1 Å². The lowest BCUT2D eigenvalue weighted by Crippen LogP contribution is -2.33. The molecule has 2 aromatic carbocycles. The smallest absolute Gasteiger partial charge is 0.376 e. The molecule has 3 aromatic rings. The third kappa shape index (κ3) is 6.42. The maximum Gasteiger partial charge on any atom is 0.405 e. The van der Waals surface area contributed by atoms with Crippen LogP contribution in [-0.2, 0) is 4.79 Å². The van der Waals surface area contributed by atoms with E-state index in [9.17, 15) is 27.2 Å². The maximum atomic E-state index is 14.2. The molecule has 2 amide bonds. The molecule has 0 bridgehead atoms. The van der Waals surface area contributed by atoms with Gasteiger partial charge in [-0.1, -0.05) is 11.6 Å². The number of aromatic nitrogens is 3. The molecule has 1 aromatic heterocycles. The Morgan fingerprint density at radius 1 is 1.15 bits per heavy atom. The number of hydrogen-bond acceptors (Lipinski definition) is 5. The van der Waals surface area contributed by atoms with E-state index in [2.05, 4.69) is 20.7 Å². The average molecular weight is 485 g/mol. The molecule has 0 radical (unpaired) electrons. The van der Waals surface area contributed by atoms with Crippen molar-refractivity contribution in [1.29, 1.82) is 0 Å². The molecule has 0 unspecified atom stereocenters. The highest BCUT2D eigenvalue weighted by Gasteiger charge is 2.28. The average Bonchev–Trinajstić information content (AvgIpc) is 3.27. The van der Waals surface area contributed by atoms with Gasteiger partial charge in [0, 0.05) is 21.8 Å². The van der Waals surface area contributed by atoms with E-state index in [0.29, 0.717) is 16.4 Å². The largest absolute Gasteiger partial charge is 0.405 e. The number of anilines is 2. The SMILES string of the molecule is Cc1c(F)cc(C(=O)NCC(F)(F)F)cc1NCC(=O)Nc1cc(Cl)ccc1-n1cncn1. The van der Waals surface area contributed by atoms with Gasteiger partial charge in [-0.15, -0.1) is 0 Å². The van der Waals surface area contributed by atoms with Crippen molar-refractivity contribution in [2.75, 3.05) is 23.7 Å². The van der Waals surface area contributed by atoms with Gasteiger partial charge < -0.3 is 16.0 Å². The lowest BCUT2D eigenvalue weighted by Gasteiger charge is -2.15. The number of benzene rings is 2. The van der Waals surface area contributed by atoms with Crippen molar-refractivity contribution < 1.29 is 27.2 Å². The zero-order valence-corrected chi connectivity index (χ0v) is 17.8. The van der Waals surface area contributed by atoms with E-state index in [4.69, 9.17) is 11.6 Å². The Hall–Kier alpha value is -3.67. The van der Waals surface area contributed by atoms with E-state index in [0.717, 1.165) is 12.1 Å². The van der Waals surface area contributed by atoms with Crippen molar-refractivity contribution in [3.05, 3.63) is 65.0 Å². The fourth-order valence-corrected chi connectivity index (χ4v) is 2.96. The first-order valence-corrected chi connectivity index (χ1v) is 9.74. The third-order valence-corrected chi connectivity index (χ3v) is 4.63. The zero-order chi connectivity index (χ0) is 24.2. The predicted octanol–water partition coefficient (Wildman–Crippen LogP) is 3.71. The van der Waals surface area contributed by atoms with E-state index < -0.39 is 30.4 Å². The van der Waals surface area contributed by atoms with E-state index in [1.54, 1.807) is 17.4 Å². The Morgan fingerprint density at radius 3 is 2.58 bits per heavy atom. The van der Waals surface area contributed by atoms with Crippen LogP contribution >= 0.6 is 11.6 Å². The van der Waals surface area contributed by atoms with Crippen LogP contribution < -0.4 is 16.0 Å². The highest BCUT2D eigenvalue weighted by atomic mass is 35.5. The molecule has 0 atom stereocenters. The summed E-state index contributed by atoms with van der Waals surface area (Å²) in [7, 11) is 0. The summed E-state index contributed by atoms with van der Waals surface area (Å²) in [5.74, 6) is -2.46. The second kappa shape index (κ2) is 9.86.